The topological polar surface area (TPSA) is 49.4 Å². The average Bonchev–Trinajstić information content (AvgIpc) is 2.66. The monoisotopic (exact) mass is 412 g/mol. The lowest BCUT2D eigenvalue weighted by molar-refractivity contribution is -0.139. The van der Waals surface area contributed by atoms with E-state index in [2.05, 4.69) is 19.2 Å². The number of carbonyl (C=O) groups is 2. The highest BCUT2D eigenvalue weighted by Crippen LogP contribution is 2.26. The molecule has 27 heavy (non-hydrogen) atoms. The van der Waals surface area contributed by atoms with E-state index in [1.54, 1.807) is 17.0 Å². The molecule has 0 bridgehead atoms. The largest absolute Gasteiger partial charge is 0.351 e. The van der Waals surface area contributed by atoms with Crippen LogP contribution in [-0.4, -0.2) is 35.2 Å². The van der Waals surface area contributed by atoms with E-state index in [-0.39, 0.29) is 23.7 Å². The number of hydrogen-bond acceptors (Lipinski definition) is 2. The highest BCUT2D eigenvalue weighted by atomic mass is 35.5. The Balaban J connectivity index is 2.28. The minimum Gasteiger partial charge on any atom is -0.351 e. The smallest absolute Gasteiger partial charge is 0.247 e. The van der Waals surface area contributed by atoms with Crippen LogP contribution in [0.25, 0.3) is 0 Å². The first kappa shape index (κ1) is 22.0. The van der Waals surface area contributed by atoms with E-state index >= 15 is 0 Å². The van der Waals surface area contributed by atoms with Gasteiger partial charge in [0.15, 0.2) is 0 Å². The molecule has 1 fully saturated rings. The van der Waals surface area contributed by atoms with Gasteiger partial charge in [0.1, 0.15) is 11.9 Å². The molecule has 1 atom stereocenters. The summed E-state index contributed by atoms with van der Waals surface area (Å²) >= 11 is 11.9. The fourth-order valence-corrected chi connectivity index (χ4v) is 3.80. The lowest BCUT2D eigenvalue weighted by Crippen LogP contribution is -2.47. The Kier molecular flexibility index (Phi) is 8.91. The lowest BCUT2D eigenvalue weighted by Gasteiger charge is -2.33. The molecule has 1 N–H and O–H groups in total. The highest BCUT2D eigenvalue weighted by Gasteiger charge is 2.32. The van der Waals surface area contributed by atoms with Crippen LogP contribution in [-0.2, 0) is 9.59 Å². The molecule has 4 nitrogen and oxygen atoms in total. The van der Waals surface area contributed by atoms with Crippen LogP contribution in [0.15, 0.2) is 24.3 Å². The van der Waals surface area contributed by atoms with E-state index < -0.39 is 6.04 Å². The van der Waals surface area contributed by atoms with Gasteiger partial charge in [0.05, 0.1) is 0 Å². The summed E-state index contributed by atoms with van der Waals surface area (Å²) in [6.07, 6.45) is 6.28. The summed E-state index contributed by atoms with van der Waals surface area (Å²) in [4.78, 5) is 27.4. The van der Waals surface area contributed by atoms with Gasteiger partial charge in [0.2, 0.25) is 11.8 Å². The number of halogens is 2. The fourth-order valence-electron chi connectivity index (χ4n) is 3.52. The number of benzene rings is 1. The second-order valence-corrected chi connectivity index (χ2v) is 8.40. The van der Waals surface area contributed by atoms with Crippen molar-refractivity contribution in [1.29, 1.82) is 0 Å². The van der Waals surface area contributed by atoms with Crippen LogP contribution < -0.4 is 5.32 Å². The number of rotatable bonds is 8. The average molecular weight is 413 g/mol. The number of carbonyl (C=O) groups excluding carboxylic acids is 2. The van der Waals surface area contributed by atoms with E-state index in [0.717, 1.165) is 37.7 Å². The van der Waals surface area contributed by atoms with Crippen molar-refractivity contribution in [3.05, 3.63) is 34.9 Å². The first-order valence-electron chi connectivity index (χ1n) is 9.83. The molecule has 0 saturated heterocycles. The number of nitrogens with one attached hydrogen (secondary N) is 1. The SMILES string of the molecule is CC(C)CCN(C(=O)CCl)[C@H](C(=O)NC1CCCCC1)c1ccc(Cl)cc1. The minimum absolute atomic E-state index is 0.133. The van der Waals surface area contributed by atoms with Crippen molar-refractivity contribution in [3.8, 4) is 0 Å². The normalized spacial score (nSPS) is 16.2. The molecule has 6 heteroatoms. The summed E-state index contributed by atoms with van der Waals surface area (Å²) in [5.41, 5.74) is 0.759. The Morgan fingerprint density at radius 1 is 1.15 bits per heavy atom. The molecule has 0 aliphatic heterocycles. The van der Waals surface area contributed by atoms with Crippen molar-refractivity contribution in [3.63, 3.8) is 0 Å². The number of amides is 2. The number of alkyl halides is 1. The van der Waals surface area contributed by atoms with Crippen molar-refractivity contribution in [1.82, 2.24) is 10.2 Å². The standard InChI is InChI=1S/C21H30Cl2N2O2/c1-15(2)12-13-25(19(26)14-22)20(16-8-10-17(23)11-9-16)21(27)24-18-6-4-3-5-7-18/h8-11,15,18,20H,3-7,12-14H2,1-2H3,(H,24,27)/t20-/m0/s1. The maximum atomic E-state index is 13.2. The molecule has 0 unspecified atom stereocenters. The van der Waals surface area contributed by atoms with Crippen molar-refractivity contribution in [2.75, 3.05) is 12.4 Å². The molecule has 0 radical (unpaired) electrons. The molecule has 150 valence electrons. The Hall–Kier alpha value is -1.26. The van der Waals surface area contributed by atoms with Crippen molar-refractivity contribution >= 4 is 35.0 Å². The zero-order chi connectivity index (χ0) is 19.8. The van der Waals surface area contributed by atoms with Crippen LogP contribution in [0.5, 0.6) is 0 Å². The van der Waals surface area contributed by atoms with E-state index in [1.807, 2.05) is 12.1 Å². The first-order valence-corrected chi connectivity index (χ1v) is 10.7. The van der Waals surface area contributed by atoms with Gasteiger partial charge in [-0.15, -0.1) is 11.6 Å². The van der Waals surface area contributed by atoms with Gasteiger partial charge < -0.3 is 10.2 Å². The molecule has 0 heterocycles. The molecule has 1 aliphatic rings. The van der Waals surface area contributed by atoms with Crippen LogP contribution in [0.4, 0.5) is 0 Å². The quantitative estimate of drug-likeness (QED) is 0.614. The summed E-state index contributed by atoms with van der Waals surface area (Å²) in [6.45, 7) is 4.69. The van der Waals surface area contributed by atoms with E-state index in [4.69, 9.17) is 23.2 Å². The van der Waals surface area contributed by atoms with Crippen molar-refractivity contribution < 1.29 is 9.59 Å². The molecule has 2 rings (SSSR count). The van der Waals surface area contributed by atoms with Gasteiger partial charge in [-0.2, -0.15) is 0 Å². The lowest BCUT2D eigenvalue weighted by atomic mass is 9.94. The molecule has 1 aliphatic carbocycles. The third-order valence-electron chi connectivity index (χ3n) is 5.08. The summed E-state index contributed by atoms with van der Waals surface area (Å²) < 4.78 is 0. The first-order chi connectivity index (χ1) is 12.9. The summed E-state index contributed by atoms with van der Waals surface area (Å²) in [5.74, 6) is -0.0794. The molecule has 2 amide bonds. The zero-order valence-electron chi connectivity index (χ0n) is 16.2. The molecule has 1 aromatic rings. The Morgan fingerprint density at radius 2 is 1.78 bits per heavy atom. The number of hydrogen-bond donors (Lipinski definition) is 1. The maximum Gasteiger partial charge on any atom is 0.247 e. The third-order valence-corrected chi connectivity index (χ3v) is 5.56. The summed E-state index contributed by atoms with van der Waals surface area (Å²) in [5, 5.41) is 3.77. The predicted molar refractivity (Wildman–Crippen MR) is 111 cm³/mol. The molecular formula is C21H30Cl2N2O2. The van der Waals surface area contributed by atoms with Gasteiger partial charge in [0, 0.05) is 17.6 Å². The van der Waals surface area contributed by atoms with Gasteiger partial charge in [0.25, 0.3) is 0 Å². The van der Waals surface area contributed by atoms with Crippen LogP contribution in [0.1, 0.15) is 64.0 Å². The van der Waals surface area contributed by atoms with Crippen molar-refractivity contribution in [2.45, 2.75) is 64.5 Å². The van der Waals surface area contributed by atoms with Gasteiger partial charge in [-0.3, -0.25) is 9.59 Å². The van der Waals surface area contributed by atoms with Gasteiger partial charge in [-0.05, 0) is 42.9 Å². The molecule has 1 aromatic carbocycles. The predicted octanol–water partition coefficient (Wildman–Crippen LogP) is 4.94. The van der Waals surface area contributed by atoms with Crippen LogP contribution in [0.2, 0.25) is 5.02 Å². The second-order valence-electron chi connectivity index (χ2n) is 7.70. The minimum atomic E-state index is -0.686. The second kappa shape index (κ2) is 10.9. The van der Waals surface area contributed by atoms with Gasteiger partial charge in [-0.1, -0.05) is 56.8 Å². The van der Waals surface area contributed by atoms with Crippen LogP contribution in [0, 0.1) is 5.92 Å². The Morgan fingerprint density at radius 3 is 2.33 bits per heavy atom. The Bertz CT molecular complexity index is 613. The summed E-state index contributed by atoms with van der Waals surface area (Å²) in [6, 6.07) is 6.63. The molecule has 0 aromatic heterocycles. The number of nitrogens with zero attached hydrogens (tertiary/aromatic N) is 1. The summed E-state index contributed by atoms with van der Waals surface area (Å²) in [7, 11) is 0. The van der Waals surface area contributed by atoms with Crippen LogP contribution >= 0.6 is 23.2 Å². The Labute approximate surface area is 172 Å². The molecular weight excluding hydrogens is 383 g/mol. The van der Waals surface area contributed by atoms with E-state index in [1.165, 1.54) is 6.42 Å². The van der Waals surface area contributed by atoms with Crippen LogP contribution in [0.3, 0.4) is 0 Å². The molecule has 1 saturated carbocycles. The van der Waals surface area contributed by atoms with E-state index in [9.17, 15) is 9.59 Å². The van der Waals surface area contributed by atoms with E-state index in [0.29, 0.717) is 17.5 Å². The van der Waals surface area contributed by atoms with Gasteiger partial charge in [-0.25, -0.2) is 0 Å². The molecule has 0 spiro atoms. The zero-order valence-corrected chi connectivity index (χ0v) is 17.7. The highest BCUT2D eigenvalue weighted by molar-refractivity contribution is 6.30. The maximum absolute atomic E-state index is 13.2. The fraction of sp³-hybridized carbons (Fsp3) is 0.619. The van der Waals surface area contributed by atoms with Crippen molar-refractivity contribution in [2.24, 2.45) is 5.92 Å². The third kappa shape index (κ3) is 6.69. The van der Waals surface area contributed by atoms with Gasteiger partial charge >= 0.3 is 0 Å².